The Morgan fingerprint density at radius 3 is 2.75 bits per heavy atom. The van der Waals surface area contributed by atoms with Gasteiger partial charge in [0.15, 0.2) is 0 Å². The third kappa shape index (κ3) is 4.97. The van der Waals surface area contributed by atoms with Gasteiger partial charge in [-0.3, -0.25) is 9.78 Å². The van der Waals surface area contributed by atoms with Gasteiger partial charge in [0.2, 0.25) is 0 Å². The minimum absolute atomic E-state index is 0.0986. The molecule has 3 aromatic rings. The van der Waals surface area contributed by atoms with Crippen LogP contribution < -0.4 is 10.1 Å². The number of carbonyl (C=O) groups excluding carboxylic acids is 1. The van der Waals surface area contributed by atoms with Crippen LogP contribution in [0.15, 0.2) is 54.7 Å². The Morgan fingerprint density at radius 2 is 2.00 bits per heavy atom. The molecular formula is C26H27FN2O3. The number of pyridine rings is 1. The number of aliphatic hydroxyl groups is 1. The number of carbonyl (C=O) groups is 1. The zero-order chi connectivity index (χ0) is 22.5. The minimum Gasteiger partial charge on any atom is -0.490 e. The molecule has 0 radical (unpaired) electrons. The Bertz CT molecular complexity index is 1110. The highest BCUT2D eigenvalue weighted by Gasteiger charge is 2.21. The van der Waals surface area contributed by atoms with Gasteiger partial charge in [-0.2, -0.15) is 0 Å². The molecule has 1 amide bonds. The van der Waals surface area contributed by atoms with E-state index in [0.29, 0.717) is 33.7 Å². The number of amides is 1. The predicted molar refractivity (Wildman–Crippen MR) is 121 cm³/mol. The van der Waals surface area contributed by atoms with E-state index in [-0.39, 0.29) is 31.0 Å². The van der Waals surface area contributed by atoms with Crippen molar-refractivity contribution in [3.63, 3.8) is 0 Å². The molecule has 0 unspecified atom stereocenters. The summed E-state index contributed by atoms with van der Waals surface area (Å²) < 4.78 is 20.0. The molecule has 0 spiro atoms. The van der Waals surface area contributed by atoms with Gasteiger partial charge < -0.3 is 15.2 Å². The largest absolute Gasteiger partial charge is 0.490 e. The van der Waals surface area contributed by atoms with E-state index in [1.54, 1.807) is 49.5 Å². The maximum Gasteiger partial charge on any atom is 0.255 e. The number of rotatable bonds is 7. The Hall–Kier alpha value is -3.25. The number of aliphatic hydroxyl groups excluding tert-OH is 1. The average Bonchev–Trinajstić information content (AvgIpc) is 3.33. The summed E-state index contributed by atoms with van der Waals surface area (Å²) in [4.78, 5) is 17.5. The van der Waals surface area contributed by atoms with Crippen LogP contribution in [-0.4, -0.2) is 22.1 Å². The fourth-order valence-corrected chi connectivity index (χ4v) is 3.99. The first kappa shape index (κ1) is 22.0. The Kier molecular flexibility index (Phi) is 6.81. The van der Waals surface area contributed by atoms with E-state index < -0.39 is 0 Å². The molecule has 1 fully saturated rings. The van der Waals surface area contributed by atoms with E-state index in [0.717, 1.165) is 31.2 Å². The summed E-state index contributed by atoms with van der Waals surface area (Å²) in [5.41, 5.74) is 3.67. The summed E-state index contributed by atoms with van der Waals surface area (Å²) in [5.74, 6) is -0.0762. The molecule has 2 aromatic carbocycles. The summed E-state index contributed by atoms with van der Waals surface area (Å²) in [6.45, 7) is 1.76. The molecule has 0 atom stereocenters. The molecule has 32 heavy (non-hydrogen) atoms. The second-order valence-electron chi connectivity index (χ2n) is 8.17. The monoisotopic (exact) mass is 434 g/mol. The number of halogens is 1. The summed E-state index contributed by atoms with van der Waals surface area (Å²) in [6, 6.07) is 13.9. The summed E-state index contributed by atoms with van der Waals surface area (Å²) >= 11 is 0. The molecule has 5 nitrogen and oxygen atoms in total. The molecule has 1 aliphatic carbocycles. The summed E-state index contributed by atoms with van der Waals surface area (Å²) in [6.07, 6.45) is 5.94. The van der Waals surface area contributed by atoms with Crippen molar-refractivity contribution >= 4 is 5.91 Å². The van der Waals surface area contributed by atoms with Gasteiger partial charge in [0.05, 0.1) is 24.0 Å². The van der Waals surface area contributed by atoms with Crippen molar-refractivity contribution in [1.29, 1.82) is 0 Å². The quantitative estimate of drug-likeness (QED) is 0.553. The lowest BCUT2D eigenvalue weighted by atomic mass is 10.0. The van der Waals surface area contributed by atoms with Crippen LogP contribution in [0.3, 0.4) is 0 Å². The van der Waals surface area contributed by atoms with Crippen molar-refractivity contribution in [2.45, 2.75) is 51.9 Å². The molecule has 1 saturated carbocycles. The van der Waals surface area contributed by atoms with E-state index >= 15 is 0 Å². The van der Waals surface area contributed by atoms with E-state index in [9.17, 15) is 14.3 Å². The van der Waals surface area contributed by atoms with Gasteiger partial charge >= 0.3 is 0 Å². The van der Waals surface area contributed by atoms with Crippen LogP contribution in [0.4, 0.5) is 4.39 Å². The van der Waals surface area contributed by atoms with E-state index in [4.69, 9.17) is 4.74 Å². The first-order valence-electron chi connectivity index (χ1n) is 10.9. The van der Waals surface area contributed by atoms with E-state index in [2.05, 4.69) is 10.3 Å². The molecule has 1 aliphatic rings. The number of aromatic nitrogens is 1. The molecule has 166 valence electrons. The second-order valence-corrected chi connectivity index (χ2v) is 8.17. The highest BCUT2D eigenvalue weighted by molar-refractivity contribution is 5.98. The number of benzene rings is 2. The van der Waals surface area contributed by atoms with Gasteiger partial charge in [0.25, 0.3) is 5.91 Å². The maximum absolute atomic E-state index is 13.9. The van der Waals surface area contributed by atoms with Crippen LogP contribution in [-0.2, 0) is 13.2 Å². The van der Waals surface area contributed by atoms with Crippen LogP contribution in [0, 0.1) is 12.7 Å². The van der Waals surface area contributed by atoms with Gasteiger partial charge in [-0.25, -0.2) is 4.39 Å². The third-order valence-electron chi connectivity index (χ3n) is 5.84. The number of ether oxygens (including phenoxy) is 1. The fourth-order valence-electron chi connectivity index (χ4n) is 3.99. The highest BCUT2D eigenvalue weighted by atomic mass is 19.1. The van der Waals surface area contributed by atoms with Gasteiger partial charge in [0.1, 0.15) is 11.6 Å². The van der Waals surface area contributed by atoms with Crippen molar-refractivity contribution in [1.82, 2.24) is 10.3 Å². The third-order valence-corrected chi connectivity index (χ3v) is 5.84. The average molecular weight is 435 g/mol. The van der Waals surface area contributed by atoms with Crippen LogP contribution >= 0.6 is 0 Å². The Labute approximate surface area is 187 Å². The van der Waals surface area contributed by atoms with Crippen LogP contribution in [0.1, 0.15) is 52.7 Å². The molecular weight excluding hydrogens is 407 g/mol. The Balaban J connectivity index is 1.62. The lowest BCUT2D eigenvalue weighted by Gasteiger charge is -2.18. The zero-order valence-corrected chi connectivity index (χ0v) is 18.1. The van der Waals surface area contributed by atoms with E-state index in [1.165, 1.54) is 6.07 Å². The van der Waals surface area contributed by atoms with Crippen molar-refractivity contribution in [2.75, 3.05) is 0 Å². The van der Waals surface area contributed by atoms with E-state index in [1.807, 2.05) is 6.07 Å². The molecule has 0 saturated heterocycles. The highest BCUT2D eigenvalue weighted by Crippen LogP contribution is 2.31. The molecule has 2 N–H and O–H groups in total. The number of nitrogens with zero attached hydrogens (tertiary/aromatic N) is 1. The molecule has 6 heteroatoms. The number of hydrogen-bond acceptors (Lipinski definition) is 4. The first-order valence-corrected chi connectivity index (χ1v) is 10.9. The van der Waals surface area contributed by atoms with Crippen molar-refractivity contribution in [3.05, 3.63) is 82.8 Å². The summed E-state index contributed by atoms with van der Waals surface area (Å²) in [7, 11) is 0. The van der Waals surface area contributed by atoms with Gasteiger partial charge in [-0.05, 0) is 74.1 Å². The number of aryl methyl sites for hydroxylation is 1. The normalized spacial score (nSPS) is 13.8. The molecule has 1 heterocycles. The SMILES string of the molecule is Cc1ccc(CNC(=O)c2cc(-c3ncccc3CO)ccc2OC2CCCC2)cc1F. The number of hydrogen-bond donors (Lipinski definition) is 2. The summed E-state index contributed by atoms with van der Waals surface area (Å²) in [5, 5.41) is 12.6. The Morgan fingerprint density at radius 1 is 1.19 bits per heavy atom. The minimum atomic E-state index is -0.303. The molecule has 1 aromatic heterocycles. The molecule has 0 bridgehead atoms. The van der Waals surface area contributed by atoms with Crippen molar-refractivity contribution in [3.8, 4) is 17.0 Å². The smallest absolute Gasteiger partial charge is 0.255 e. The fraction of sp³-hybridized carbons (Fsp3) is 0.308. The lowest BCUT2D eigenvalue weighted by Crippen LogP contribution is -2.24. The topological polar surface area (TPSA) is 71.5 Å². The van der Waals surface area contributed by atoms with Gasteiger partial charge in [0, 0.05) is 23.9 Å². The van der Waals surface area contributed by atoms with Gasteiger partial charge in [-0.15, -0.1) is 0 Å². The van der Waals surface area contributed by atoms with Crippen LogP contribution in [0.5, 0.6) is 5.75 Å². The van der Waals surface area contributed by atoms with Crippen LogP contribution in [0.25, 0.3) is 11.3 Å². The lowest BCUT2D eigenvalue weighted by molar-refractivity contribution is 0.0943. The number of nitrogens with one attached hydrogen (secondary N) is 1. The molecule has 0 aliphatic heterocycles. The maximum atomic E-state index is 13.9. The standard InChI is InChI=1S/C26H27FN2O3/c1-17-8-9-18(13-23(17)27)15-29-26(31)22-14-19(25-20(16-30)5-4-12-28-25)10-11-24(22)32-21-6-2-3-7-21/h4-5,8-14,21,30H,2-3,6-7,15-16H2,1H3,(H,29,31). The van der Waals surface area contributed by atoms with Crippen molar-refractivity contribution < 1.29 is 19.0 Å². The molecule has 4 rings (SSSR count). The zero-order valence-electron chi connectivity index (χ0n) is 18.1. The van der Waals surface area contributed by atoms with Crippen molar-refractivity contribution in [2.24, 2.45) is 0 Å². The second kappa shape index (κ2) is 9.92. The predicted octanol–water partition coefficient (Wildman–Crippen LogP) is 4.94. The first-order chi connectivity index (χ1) is 15.5. The van der Waals surface area contributed by atoms with Crippen LogP contribution in [0.2, 0.25) is 0 Å². The van der Waals surface area contributed by atoms with Gasteiger partial charge in [-0.1, -0.05) is 18.2 Å².